The zero-order valence-corrected chi connectivity index (χ0v) is 11.8. The molecule has 1 saturated heterocycles. The maximum atomic E-state index is 11.7. The van der Waals surface area contributed by atoms with Gasteiger partial charge in [0.05, 0.1) is 18.1 Å². The molecule has 20 heavy (non-hydrogen) atoms. The Balaban J connectivity index is 2.07. The molecule has 3 rings (SSSR count). The summed E-state index contributed by atoms with van der Waals surface area (Å²) in [6, 6.07) is 9.65. The minimum Gasteiger partial charge on any atom is -0.324 e. The van der Waals surface area contributed by atoms with Gasteiger partial charge in [0.25, 0.3) is 0 Å². The first kappa shape index (κ1) is 13.3. The number of nitrogens with two attached hydrogens (primary N) is 1. The van der Waals surface area contributed by atoms with Crippen LogP contribution in [0.2, 0.25) is 0 Å². The van der Waals surface area contributed by atoms with Crippen molar-refractivity contribution in [3.8, 4) is 5.69 Å². The fourth-order valence-electron chi connectivity index (χ4n) is 2.58. The number of sulfone groups is 1. The Bertz CT molecular complexity index is 709. The summed E-state index contributed by atoms with van der Waals surface area (Å²) < 4.78 is 25.2. The first-order valence-corrected chi connectivity index (χ1v) is 8.33. The summed E-state index contributed by atoms with van der Waals surface area (Å²) >= 11 is 0. The van der Waals surface area contributed by atoms with Crippen molar-refractivity contribution in [1.82, 2.24) is 14.8 Å². The Labute approximate surface area is 117 Å². The second kappa shape index (κ2) is 4.99. The highest BCUT2D eigenvalue weighted by Crippen LogP contribution is 2.29. The molecule has 1 aromatic carbocycles. The van der Waals surface area contributed by atoms with Crippen LogP contribution in [0.1, 0.15) is 24.0 Å². The molecule has 2 heterocycles. The van der Waals surface area contributed by atoms with Gasteiger partial charge in [-0.2, -0.15) is 0 Å². The first-order chi connectivity index (χ1) is 9.61. The molecule has 0 bridgehead atoms. The molecule has 0 spiro atoms. The monoisotopic (exact) mass is 292 g/mol. The van der Waals surface area contributed by atoms with E-state index in [4.69, 9.17) is 5.73 Å². The third-order valence-corrected chi connectivity index (χ3v) is 5.32. The van der Waals surface area contributed by atoms with Crippen LogP contribution in [0.3, 0.4) is 0 Å². The standard InChI is InChI=1S/C13H16N4O2S/c14-8-12-15-16-13(10-6-7-20(18,19)9-10)17(12)11-4-2-1-3-5-11/h1-5,10H,6-9,14H2. The first-order valence-electron chi connectivity index (χ1n) is 6.51. The van der Waals surface area contributed by atoms with Crippen LogP contribution in [-0.2, 0) is 16.4 Å². The molecule has 2 aromatic rings. The molecule has 0 saturated carbocycles. The normalized spacial score (nSPS) is 21.1. The molecule has 2 N–H and O–H groups in total. The Morgan fingerprint density at radius 2 is 2.00 bits per heavy atom. The molecular weight excluding hydrogens is 276 g/mol. The third-order valence-electron chi connectivity index (χ3n) is 3.55. The lowest BCUT2D eigenvalue weighted by Gasteiger charge is -2.12. The lowest BCUT2D eigenvalue weighted by Crippen LogP contribution is -2.13. The minimum atomic E-state index is -2.95. The number of hydrogen-bond acceptors (Lipinski definition) is 5. The predicted molar refractivity (Wildman–Crippen MR) is 75.3 cm³/mol. The van der Waals surface area contributed by atoms with E-state index in [9.17, 15) is 8.42 Å². The summed E-state index contributed by atoms with van der Waals surface area (Å²) in [4.78, 5) is 0. The van der Waals surface area contributed by atoms with Crippen molar-refractivity contribution < 1.29 is 8.42 Å². The molecule has 1 aliphatic rings. The van der Waals surface area contributed by atoms with Crippen molar-refractivity contribution in [2.45, 2.75) is 18.9 Å². The molecule has 7 heteroatoms. The molecule has 1 aromatic heterocycles. The van der Waals surface area contributed by atoms with Gasteiger partial charge < -0.3 is 5.73 Å². The number of aromatic nitrogens is 3. The summed E-state index contributed by atoms with van der Waals surface area (Å²) in [7, 11) is -2.95. The van der Waals surface area contributed by atoms with Crippen LogP contribution >= 0.6 is 0 Å². The molecule has 106 valence electrons. The highest BCUT2D eigenvalue weighted by molar-refractivity contribution is 7.91. The quantitative estimate of drug-likeness (QED) is 0.896. The van der Waals surface area contributed by atoms with Crippen molar-refractivity contribution >= 4 is 9.84 Å². The topological polar surface area (TPSA) is 90.9 Å². The molecule has 0 amide bonds. The van der Waals surface area contributed by atoms with Gasteiger partial charge in [0, 0.05) is 11.6 Å². The van der Waals surface area contributed by atoms with Crippen molar-refractivity contribution in [1.29, 1.82) is 0 Å². The lowest BCUT2D eigenvalue weighted by atomic mass is 10.1. The maximum Gasteiger partial charge on any atom is 0.151 e. The number of nitrogens with zero attached hydrogens (tertiary/aromatic N) is 3. The number of rotatable bonds is 3. The highest BCUT2D eigenvalue weighted by Gasteiger charge is 2.33. The average molecular weight is 292 g/mol. The van der Waals surface area contributed by atoms with E-state index in [2.05, 4.69) is 10.2 Å². The van der Waals surface area contributed by atoms with Crippen LogP contribution in [0.4, 0.5) is 0 Å². The minimum absolute atomic E-state index is 0.104. The van der Waals surface area contributed by atoms with Gasteiger partial charge in [0.1, 0.15) is 5.82 Å². The zero-order valence-electron chi connectivity index (χ0n) is 10.9. The van der Waals surface area contributed by atoms with Gasteiger partial charge in [-0.15, -0.1) is 10.2 Å². The summed E-state index contributed by atoms with van der Waals surface area (Å²) in [6.45, 7) is 0.265. The van der Waals surface area contributed by atoms with E-state index in [1.165, 1.54) is 0 Å². The second-order valence-electron chi connectivity index (χ2n) is 4.95. The van der Waals surface area contributed by atoms with E-state index in [1.807, 2.05) is 34.9 Å². The average Bonchev–Trinajstić information content (AvgIpc) is 3.02. The Morgan fingerprint density at radius 1 is 1.25 bits per heavy atom. The van der Waals surface area contributed by atoms with Crippen LogP contribution in [0.15, 0.2) is 30.3 Å². The third kappa shape index (κ3) is 2.34. The van der Waals surface area contributed by atoms with Crippen molar-refractivity contribution in [3.63, 3.8) is 0 Å². The molecule has 0 aliphatic carbocycles. The van der Waals surface area contributed by atoms with Crippen molar-refractivity contribution in [2.75, 3.05) is 11.5 Å². The number of para-hydroxylation sites is 1. The predicted octanol–water partition coefficient (Wildman–Crippen LogP) is 0.628. The van der Waals surface area contributed by atoms with E-state index in [0.717, 1.165) is 5.69 Å². The highest BCUT2D eigenvalue weighted by atomic mass is 32.2. The molecule has 1 unspecified atom stereocenters. The van der Waals surface area contributed by atoms with Gasteiger partial charge in [0.2, 0.25) is 0 Å². The summed E-state index contributed by atoms with van der Waals surface area (Å²) in [5, 5.41) is 8.28. The van der Waals surface area contributed by atoms with E-state index in [1.54, 1.807) is 0 Å². The lowest BCUT2D eigenvalue weighted by molar-refractivity contribution is 0.600. The Hall–Kier alpha value is -1.73. The smallest absolute Gasteiger partial charge is 0.151 e. The molecular formula is C13H16N4O2S. The van der Waals surface area contributed by atoms with Crippen molar-refractivity contribution in [3.05, 3.63) is 42.0 Å². The molecule has 1 aliphatic heterocycles. The second-order valence-corrected chi connectivity index (χ2v) is 7.18. The SMILES string of the molecule is NCc1nnc(C2CCS(=O)(=O)C2)n1-c1ccccc1. The fourth-order valence-corrected chi connectivity index (χ4v) is 4.32. The Kier molecular flexibility index (Phi) is 3.31. The van der Waals surface area contributed by atoms with E-state index >= 15 is 0 Å². The fraction of sp³-hybridized carbons (Fsp3) is 0.385. The van der Waals surface area contributed by atoms with E-state index < -0.39 is 9.84 Å². The summed E-state index contributed by atoms with van der Waals surface area (Å²) in [6.07, 6.45) is 0.595. The van der Waals surface area contributed by atoms with Gasteiger partial charge in [-0.25, -0.2) is 8.42 Å². The van der Waals surface area contributed by atoms with E-state index in [-0.39, 0.29) is 24.0 Å². The van der Waals surface area contributed by atoms with Gasteiger partial charge in [-0.05, 0) is 18.6 Å². The number of hydrogen-bond donors (Lipinski definition) is 1. The zero-order chi connectivity index (χ0) is 14.2. The molecule has 6 nitrogen and oxygen atoms in total. The summed E-state index contributed by atoms with van der Waals surface area (Å²) in [5.74, 6) is 1.60. The maximum absolute atomic E-state index is 11.7. The van der Waals surface area contributed by atoms with Crippen LogP contribution in [0.5, 0.6) is 0 Å². The van der Waals surface area contributed by atoms with Crippen molar-refractivity contribution in [2.24, 2.45) is 5.73 Å². The number of benzene rings is 1. The molecule has 1 fully saturated rings. The van der Waals surface area contributed by atoms with Gasteiger partial charge in [-0.3, -0.25) is 4.57 Å². The van der Waals surface area contributed by atoms with Crippen LogP contribution in [0, 0.1) is 0 Å². The largest absolute Gasteiger partial charge is 0.324 e. The van der Waals surface area contributed by atoms with E-state index in [0.29, 0.717) is 18.1 Å². The molecule has 0 radical (unpaired) electrons. The van der Waals surface area contributed by atoms with Gasteiger partial charge >= 0.3 is 0 Å². The van der Waals surface area contributed by atoms with Crippen LogP contribution < -0.4 is 5.73 Å². The van der Waals surface area contributed by atoms with Crippen LogP contribution in [-0.4, -0.2) is 34.7 Å². The van der Waals surface area contributed by atoms with Crippen LogP contribution in [0.25, 0.3) is 5.69 Å². The Morgan fingerprint density at radius 3 is 2.60 bits per heavy atom. The summed E-state index contributed by atoms with van der Waals surface area (Å²) in [5.41, 5.74) is 6.63. The van der Waals surface area contributed by atoms with Gasteiger partial charge in [-0.1, -0.05) is 18.2 Å². The molecule has 1 atom stereocenters. The van der Waals surface area contributed by atoms with Gasteiger partial charge in [0.15, 0.2) is 15.7 Å².